The van der Waals surface area contributed by atoms with Crippen LogP contribution in [-0.4, -0.2) is 45.1 Å². The molecule has 1 amide bonds. The number of carbonyl (C=O) groups is 2. The van der Waals surface area contributed by atoms with Gasteiger partial charge >= 0.3 is 5.97 Å². The molecule has 0 bridgehead atoms. The highest BCUT2D eigenvalue weighted by Crippen LogP contribution is 2.26. The highest BCUT2D eigenvalue weighted by molar-refractivity contribution is 7.89. The Kier molecular flexibility index (Phi) is 7.39. The number of nitrogens with one attached hydrogen (secondary N) is 2. The van der Waals surface area contributed by atoms with Crippen molar-refractivity contribution in [3.05, 3.63) is 23.8 Å². The Morgan fingerprint density at radius 2 is 1.70 bits per heavy atom. The summed E-state index contributed by atoms with van der Waals surface area (Å²) in [6, 6.07) is 3.82. The van der Waals surface area contributed by atoms with Crippen molar-refractivity contribution >= 4 is 21.9 Å². The fourth-order valence-electron chi connectivity index (χ4n) is 2.16. The van der Waals surface area contributed by atoms with Crippen molar-refractivity contribution in [3.8, 4) is 5.75 Å². The monoisotopic (exact) mass is 400 g/mol. The Morgan fingerprint density at radius 1 is 1.11 bits per heavy atom. The first kappa shape index (κ1) is 22.9. The van der Waals surface area contributed by atoms with Crippen molar-refractivity contribution in [3.63, 3.8) is 0 Å². The normalized spacial score (nSPS) is 13.2. The van der Waals surface area contributed by atoms with Crippen molar-refractivity contribution in [2.75, 3.05) is 7.11 Å². The molecule has 0 aliphatic carbocycles. The van der Waals surface area contributed by atoms with E-state index in [1.54, 1.807) is 34.6 Å². The second-order valence-corrected chi connectivity index (χ2v) is 9.08. The van der Waals surface area contributed by atoms with Crippen LogP contribution in [0.3, 0.4) is 0 Å². The second kappa shape index (κ2) is 8.71. The number of hydrogen-bond acceptors (Lipinski definition) is 6. The number of benzene rings is 1. The molecule has 1 rings (SSSR count). The quantitative estimate of drug-likeness (QED) is 0.676. The molecule has 0 saturated carbocycles. The number of methoxy groups -OCH3 is 1. The van der Waals surface area contributed by atoms with Gasteiger partial charge in [0, 0.05) is 11.6 Å². The van der Waals surface area contributed by atoms with Crippen LogP contribution in [0.4, 0.5) is 0 Å². The summed E-state index contributed by atoms with van der Waals surface area (Å²) in [7, 11) is -2.60. The maximum atomic E-state index is 12.6. The van der Waals surface area contributed by atoms with Gasteiger partial charge in [0.15, 0.2) is 6.10 Å². The standard InChI is InChI=1S/C18H28N2O6S/c1-11(2)19-16(21)12(3)26-17(22)13-8-9-14(25-7)15(10-13)27(23,24)20-18(4,5)6/h8-12,20H,1-7H3,(H,19,21). The average Bonchev–Trinajstić information content (AvgIpc) is 2.51. The lowest BCUT2D eigenvalue weighted by molar-refractivity contribution is -0.129. The molecule has 0 heterocycles. The number of sulfonamides is 1. The maximum absolute atomic E-state index is 12.6. The van der Waals surface area contributed by atoms with Gasteiger partial charge < -0.3 is 14.8 Å². The van der Waals surface area contributed by atoms with Crippen LogP contribution in [0.2, 0.25) is 0 Å². The smallest absolute Gasteiger partial charge is 0.338 e. The van der Waals surface area contributed by atoms with Gasteiger partial charge in [-0.2, -0.15) is 0 Å². The van der Waals surface area contributed by atoms with Crippen LogP contribution in [0.5, 0.6) is 5.75 Å². The van der Waals surface area contributed by atoms with Crippen molar-refractivity contribution < 1.29 is 27.5 Å². The Morgan fingerprint density at radius 3 is 2.19 bits per heavy atom. The van der Waals surface area contributed by atoms with Crippen molar-refractivity contribution in [2.24, 2.45) is 0 Å². The van der Waals surface area contributed by atoms with E-state index in [9.17, 15) is 18.0 Å². The van der Waals surface area contributed by atoms with Crippen LogP contribution in [0.1, 0.15) is 51.9 Å². The molecule has 1 aromatic rings. The van der Waals surface area contributed by atoms with Gasteiger partial charge in [0.25, 0.3) is 5.91 Å². The molecule has 0 fully saturated rings. The van der Waals surface area contributed by atoms with Gasteiger partial charge in [-0.1, -0.05) is 0 Å². The fraction of sp³-hybridized carbons (Fsp3) is 0.556. The summed E-state index contributed by atoms with van der Waals surface area (Å²) in [6.07, 6.45) is -1.02. The average molecular weight is 400 g/mol. The van der Waals surface area contributed by atoms with E-state index in [4.69, 9.17) is 9.47 Å². The summed E-state index contributed by atoms with van der Waals surface area (Å²) in [5, 5.41) is 2.64. The van der Waals surface area contributed by atoms with Crippen molar-refractivity contribution in [1.82, 2.24) is 10.0 Å². The van der Waals surface area contributed by atoms with Crippen LogP contribution < -0.4 is 14.8 Å². The van der Waals surface area contributed by atoms with Crippen LogP contribution in [0, 0.1) is 0 Å². The molecule has 0 spiro atoms. The van der Waals surface area contributed by atoms with Gasteiger partial charge in [0.2, 0.25) is 10.0 Å². The minimum atomic E-state index is -3.94. The lowest BCUT2D eigenvalue weighted by Crippen LogP contribution is -2.40. The van der Waals surface area contributed by atoms with E-state index in [2.05, 4.69) is 10.0 Å². The van der Waals surface area contributed by atoms with E-state index < -0.39 is 33.5 Å². The Labute approximate surface area is 160 Å². The molecule has 1 aromatic carbocycles. The molecule has 1 atom stereocenters. The summed E-state index contributed by atoms with van der Waals surface area (Å²) in [4.78, 5) is 24.1. The first-order valence-electron chi connectivity index (χ1n) is 8.50. The van der Waals surface area contributed by atoms with Crippen LogP contribution in [0.25, 0.3) is 0 Å². The highest BCUT2D eigenvalue weighted by Gasteiger charge is 2.27. The molecule has 0 aliphatic rings. The first-order valence-corrected chi connectivity index (χ1v) is 9.98. The molecule has 1 unspecified atom stereocenters. The van der Waals surface area contributed by atoms with E-state index in [1.807, 2.05) is 0 Å². The highest BCUT2D eigenvalue weighted by atomic mass is 32.2. The summed E-state index contributed by atoms with van der Waals surface area (Å²) in [6.45, 7) is 10.1. The van der Waals surface area contributed by atoms with Gasteiger partial charge in [-0.15, -0.1) is 0 Å². The maximum Gasteiger partial charge on any atom is 0.338 e. The third-order valence-corrected chi connectivity index (χ3v) is 4.99. The fourth-order valence-corrected chi connectivity index (χ4v) is 3.77. The topological polar surface area (TPSA) is 111 Å². The first-order chi connectivity index (χ1) is 12.3. The van der Waals surface area contributed by atoms with Gasteiger partial charge in [-0.25, -0.2) is 17.9 Å². The molecule has 0 radical (unpaired) electrons. The van der Waals surface area contributed by atoms with E-state index in [0.29, 0.717) is 0 Å². The predicted octanol–water partition coefficient (Wildman–Crippen LogP) is 1.84. The summed E-state index contributed by atoms with van der Waals surface area (Å²) in [5.41, 5.74) is -0.724. The zero-order valence-corrected chi connectivity index (χ0v) is 17.6. The molecule has 0 aromatic heterocycles. The lowest BCUT2D eigenvalue weighted by atomic mass is 10.1. The van der Waals surface area contributed by atoms with Crippen LogP contribution >= 0.6 is 0 Å². The molecule has 2 N–H and O–H groups in total. The van der Waals surface area contributed by atoms with Crippen LogP contribution in [-0.2, 0) is 19.6 Å². The molecular weight excluding hydrogens is 372 g/mol. The van der Waals surface area contributed by atoms with Crippen molar-refractivity contribution in [2.45, 2.75) is 64.1 Å². The molecule has 9 heteroatoms. The third kappa shape index (κ3) is 6.84. The summed E-state index contributed by atoms with van der Waals surface area (Å²) in [5.74, 6) is -1.15. The van der Waals surface area contributed by atoms with Crippen molar-refractivity contribution in [1.29, 1.82) is 0 Å². The number of carbonyl (C=O) groups excluding carboxylic acids is 2. The third-order valence-electron chi connectivity index (χ3n) is 3.21. The van der Waals surface area contributed by atoms with Gasteiger partial charge in [0.1, 0.15) is 10.6 Å². The zero-order valence-electron chi connectivity index (χ0n) is 16.7. The van der Waals surface area contributed by atoms with E-state index in [1.165, 1.54) is 32.2 Å². The van der Waals surface area contributed by atoms with E-state index >= 15 is 0 Å². The Bertz CT molecular complexity index is 797. The minimum absolute atomic E-state index is 0.00530. The van der Waals surface area contributed by atoms with Crippen LogP contribution in [0.15, 0.2) is 23.1 Å². The summed E-state index contributed by atoms with van der Waals surface area (Å²) < 4.78 is 38.0. The molecule has 0 aliphatic heterocycles. The van der Waals surface area contributed by atoms with E-state index in [-0.39, 0.29) is 22.3 Å². The zero-order chi connectivity index (χ0) is 21.0. The predicted molar refractivity (Wildman–Crippen MR) is 101 cm³/mol. The lowest BCUT2D eigenvalue weighted by Gasteiger charge is -2.21. The van der Waals surface area contributed by atoms with E-state index in [0.717, 1.165) is 0 Å². The SMILES string of the molecule is COc1ccc(C(=O)OC(C)C(=O)NC(C)C)cc1S(=O)(=O)NC(C)(C)C. The number of hydrogen-bond donors (Lipinski definition) is 2. The Hall–Kier alpha value is -2.13. The summed E-state index contributed by atoms with van der Waals surface area (Å²) >= 11 is 0. The number of esters is 1. The molecule has 8 nitrogen and oxygen atoms in total. The molecule has 0 saturated heterocycles. The van der Waals surface area contributed by atoms with Gasteiger partial charge in [-0.05, 0) is 59.7 Å². The molecular formula is C18H28N2O6S. The second-order valence-electron chi connectivity index (χ2n) is 7.43. The molecule has 27 heavy (non-hydrogen) atoms. The number of rotatable bonds is 7. The number of amides is 1. The minimum Gasteiger partial charge on any atom is -0.495 e. The van der Waals surface area contributed by atoms with Gasteiger partial charge in [0.05, 0.1) is 12.7 Å². The van der Waals surface area contributed by atoms with Gasteiger partial charge in [-0.3, -0.25) is 4.79 Å². The number of ether oxygens (including phenoxy) is 2. The Balaban J connectivity index is 3.14. The molecule has 152 valence electrons. The largest absolute Gasteiger partial charge is 0.495 e.